The molecule has 0 heterocycles. The summed E-state index contributed by atoms with van der Waals surface area (Å²) in [7, 11) is 0. The molecule has 5 nitrogen and oxygen atoms in total. The molecule has 98 valence electrons. The molecule has 1 aromatic rings. The highest BCUT2D eigenvalue weighted by Gasteiger charge is 2.17. The number of carbonyl (C=O) groups is 2. The van der Waals surface area contributed by atoms with Crippen molar-refractivity contribution in [3.8, 4) is 0 Å². The third-order valence-electron chi connectivity index (χ3n) is 2.36. The van der Waals surface area contributed by atoms with E-state index in [9.17, 15) is 14.0 Å². The van der Waals surface area contributed by atoms with Gasteiger partial charge in [-0.25, -0.2) is 4.39 Å². The quantitative estimate of drug-likeness (QED) is 0.664. The van der Waals surface area contributed by atoms with Crippen LogP contribution in [0.3, 0.4) is 0 Å². The van der Waals surface area contributed by atoms with Gasteiger partial charge in [-0.2, -0.15) is 0 Å². The van der Waals surface area contributed by atoms with Crippen LogP contribution in [0, 0.1) is 5.82 Å². The molecule has 0 saturated carbocycles. The number of nitrogens with one attached hydrogen (secondary N) is 2. The van der Waals surface area contributed by atoms with E-state index in [2.05, 4.69) is 10.6 Å². The molecule has 0 bridgehead atoms. The van der Waals surface area contributed by atoms with Gasteiger partial charge in [0.2, 0.25) is 0 Å². The largest absolute Gasteiger partial charge is 0.347 e. The van der Waals surface area contributed by atoms with E-state index in [1.54, 1.807) is 25.1 Å². The Hall–Kier alpha value is -1.95. The van der Waals surface area contributed by atoms with Crippen molar-refractivity contribution in [2.24, 2.45) is 5.73 Å². The molecular weight excluding hydrogens is 237 g/mol. The smallest absolute Gasteiger partial charge is 0.309 e. The van der Waals surface area contributed by atoms with E-state index in [0.29, 0.717) is 5.56 Å². The van der Waals surface area contributed by atoms with Crippen molar-refractivity contribution in [3.63, 3.8) is 0 Å². The Morgan fingerprint density at radius 1 is 1.33 bits per heavy atom. The van der Waals surface area contributed by atoms with Gasteiger partial charge in [0.15, 0.2) is 0 Å². The number of benzene rings is 1. The summed E-state index contributed by atoms with van der Waals surface area (Å²) < 4.78 is 13.4. The minimum absolute atomic E-state index is 0.223. The van der Waals surface area contributed by atoms with Crippen LogP contribution in [-0.2, 0) is 9.59 Å². The minimum Gasteiger partial charge on any atom is -0.347 e. The van der Waals surface area contributed by atoms with Gasteiger partial charge < -0.3 is 16.4 Å². The standard InChI is InChI=1S/C12H16FN3O2/c1-8(9-4-2-3-5-10(9)13)16-12(18)11(17)15-7-6-14/h2-5,8H,6-7,14H2,1H3,(H,15,17)(H,16,18). The van der Waals surface area contributed by atoms with E-state index in [-0.39, 0.29) is 13.1 Å². The second kappa shape index (κ2) is 6.70. The first kappa shape index (κ1) is 14.1. The molecule has 0 aliphatic carbocycles. The molecule has 1 atom stereocenters. The molecule has 1 rings (SSSR count). The molecule has 0 radical (unpaired) electrons. The average molecular weight is 253 g/mol. The Balaban J connectivity index is 2.60. The van der Waals surface area contributed by atoms with Gasteiger partial charge in [0, 0.05) is 18.7 Å². The second-order valence-electron chi connectivity index (χ2n) is 3.76. The predicted molar refractivity (Wildman–Crippen MR) is 65.0 cm³/mol. The first-order valence-corrected chi connectivity index (χ1v) is 5.59. The molecular formula is C12H16FN3O2. The van der Waals surface area contributed by atoms with Crippen LogP contribution in [0.1, 0.15) is 18.5 Å². The highest BCUT2D eigenvalue weighted by atomic mass is 19.1. The number of halogens is 1. The fourth-order valence-electron chi connectivity index (χ4n) is 1.43. The Morgan fingerprint density at radius 2 is 2.00 bits per heavy atom. The molecule has 0 fully saturated rings. The normalized spacial score (nSPS) is 11.7. The highest BCUT2D eigenvalue weighted by molar-refractivity contribution is 6.35. The summed E-state index contributed by atoms with van der Waals surface area (Å²) in [5.41, 5.74) is 5.52. The van der Waals surface area contributed by atoms with Crippen LogP contribution in [0.25, 0.3) is 0 Å². The number of rotatable bonds is 4. The average Bonchev–Trinajstić information content (AvgIpc) is 2.36. The summed E-state index contributed by atoms with van der Waals surface area (Å²) in [6.07, 6.45) is 0. The van der Waals surface area contributed by atoms with Crippen LogP contribution in [-0.4, -0.2) is 24.9 Å². The summed E-state index contributed by atoms with van der Waals surface area (Å²) in [4.78, 5) is 22.7. The van der Waals surface area contributed by atoms with Gasteiger partial charge in [0.1, 0.15) is 5.82 Å². The maximum Gasteiger partial charge on any atom is 0.309 e. The monoisotopic (exact) mass is 253 g/mol. The Bertz CT molecular complexity index is 437. The van der Waals surface area contributed by atoms with Crippen molar-refractivity contribution in [3.05, 3.63) is 35.6 Å². The maximum absolute atomic E-state index is 13.4. The molecule has 6 heteroatoms. The number of hydrogen-bond acceptors (Lipinski definition) is 3. The van der Waals surface area contributed by atoms with Gasteiger partial charge in [-0.15, -0.1) is 0 Å². The van der Waals surface area contributed by atoms with Crippen molar-refractivity contribution in [1.82, 2.24) is 10.6 Å². The SMILES string of the molecule is CC(NC(=O)C(=O)NCCN)c1ccccc1F. The second-order valence-corrected chi connectivity index (χ2v) is 3.76. The lowest BCUT2D eigenvalue weighted by atomic mass is 10.1. The van der Waals surface area contributed by atoms with Gasteiger partial charge >= 0.3 is 11.8 Å². The van der Waals surface area contributed by atoms with E-state index in [0.717, 1.165) is 0 Å². The zero-order valence-corrected chi connectivity index (χ0v) is 10.1. The molecule has 0 aliphatic rings. The third kappa shape index (κ3) is 3.81. The van der Waals surface area contributed by atoms with E-state index < -0.39 is 23.7 Å². The zero-order valence-electron chi connectivity index (χ0n) is 10.1. The van der Waals surface area contributed by atoms with Crippen LogP contribution >= 0.6 is 0 Å². The summed E-state index contributed by atoms with van der Waals surface area (Å²) in [6.45, 7) is 2.08. The third-order valence-corrected chi connectivity index (χ3v) is 2.36. The number of hydrogen-bond donors (Lipinski definition) is 3. The van der Waals surface area contributed by atoms with Gasteiger partial charge in [-0.3, -0.25) is 9.59 Å². The minimum atomic E-state index is -0.806. The Morgan fingerprint density at radius 3 is 2.61 bits per heavy atom. The molecule has 0 saturated heterocycles. The fraction of sp³-hybridized carbons (Fsp3) is 0.333. The van der Waals surface area contributed by atoms with Crippen LogP contribution in [0.15, 0.2) is 24.3 Å². The van der Waals surface area contributed by atoms with E-state index in [1.165, 1.54) is 6.07 Å². The van der Waals surface area contributed by atoms with Crippen LogP contribution in [0.2, 0.25) is 0 Å². The molecule has 2 amide bonds. The van der Waals surface area contributed by atoms with E-state index in [4.69, 9.17) is 5.73 Å². The predicted octanol–water partition coefficient (Wildman–Crippen LogP) is 0.0778. The lowest BCUT2D eigenvalue weighted by molar-refractivity contribution is -0.139. The van der Waals surface area contributed by atoms with Gasteiger partial charge in [0.25, 0.3) is 0 Å². The number of amides is 2. The maximum atomic E-state index is 13.4. The van der Waals surface area contributed by atoms with Crippen molar-refractivity contribution >= 4 is 11.8 Å². The topological polar surface area (TPSA) is 84.2 Å². The Labute approximate surface area is 105 Å². The van der Waals surface area contributed by atoms with Gasteiger partial charge in [-0.1, -0.05) is 18.2 Å². The molecule has 18 heavy (non-hydrogen) atoms. The molecule has 0 aliphatic heterocycles. The fourth-order valence-corrected chi connectivity index (χ4v) is 1.43. The van der Waals surface area contributed by atoms with Crippen molar-refractivity contribution < 1.29 is 14.0 Å². The van der Waals surface area contributed by atoms with Gasteiger partial charge in [0.05, 0.1) is 6.04 Å². The first-order valence-electron chi connectivity index (χ1n) is 5.59. The van der Waals surface area contributed by atoms with Crippen LogP contribution in [0.5, 0.6) is 0 Å². The van der Waals surface area contributed by atoms with Crippen molar-refractivity contribution in [2.45, 2.75) is 13.0 Å². The van der Waals surface area contributed by atoms with Crippen LogP contribution < -0.4 is 16.4 Å². The lowest BCUT2D eigenvalue weighted by Crippen LogP contribution is -2.42. The molecule has 0 aromatic heterocycles. The lowest BCUT2D eigenvalue weighted by Gasteiger charge is -2.14. The molecule has 1 aromatic carbocycles. The zero-order chi connectivity index (χ0) is 13.5. The van der Waals surface area contributed by atoms with E-state index >= 15 is 0 Å². The van der Waals surface area contributed by atoms with Crippen molar-refractivity contribution in [1.29, 1.82) is 0 Å². The summed E-state index contributed by atoms with van der Waals surface area (Å²) in [5.74, 6) is -2.00. The first-order chi connectivity index (χ1) is 8.56. The molecule has 0 spiro atoms. The summed E-state index contributed by atoms with van der Waals surface area (Å²) in [6, 6.07) is 5.49. The van der Waals surface area contributed by atoms with Crippen molar-refractivity contribution in [2.75, 3.05) is 13.1 Å². The highest BCUT2D eigenvalue weighted by Crippen LogP contribution is 2.15. The van der Waals surface area contributed by atoms with E-state index in [1.807, 2.05) is 0 Å². The number of nitrogens with two attached hydrogens (primary N) is 1. The van der Waals surface area contributed by atoms with Crippen LogP contribution in [0.4, 0.5) is 4.39 Å². The summed E-state index contributed by atoms with van der Waals surface area (Å²) in [5, 5.41) is 4.75. The molecule has 1 unspecified atom stereocenters. The Kier molecular flexibility index (Phi) is 5.26. The number of carbonyl (C=O) groups excluding carboxylic acids is 2. The van der Waals surface area contributed by atoms with Gasteiger partial charge in [-0.05, 0) is 13.0 Å². The summed E-state index contributed by atoms with van der Waals surface area (Å²) >= 11 is 0. The molecule has 4 N–H and O–H groups in total.